The van der Waals surface area contributed by atoms with Crippen molar-refractivity contribution in [1.82, 2.24) is 5.32 Å². The number of nitrogens with two attached hydrogens (primary N) is 1. The second-order valence-corrected chi connectivity index (χ2v) is 4.92. The van der Waals surface area contributed by atoms with Crippen LogP contribution >= 0.6 is 0 Å². The average Bonchev–Trinajstić information content (AvgIpc) is 2.13. The number of amides is 1. The Labute approximate surface area is 99.1 Å². The van der Waals surface area contributed by atoms with Crippen molar-refractivity contribution in [2.24, 2.45) is 0 Å². The maximum atomic E-state index is 11.2. The number of rotatable bonds is 7. The highest BCUT2D eigenvalue weighted by Crippen LogP contribution is 2.06. The number of quaternary nitrogens is 1. The summed E-state index contributed by atoms with van der Waals surface area (Å²) < 4.78 is 5.12. The number of ether oxygens (including phenoxy) is 1. The molecular formula is C12H26N2O2. The molecule has 0 radical (unpaired) electrons. The molecule has 0 atom stereocenters. The quantitative estimate of drug-likeness (QED) is 0.513. The molecule has 96 valence electrons. The molecule has 0 rings (SSSR count). The monoisotopic (exact) mass is 230 g/mol. The second kappa shape index (κ2) is 8.39. The van der Waals surface area contributed by atoms with Crippen molar-refractivity contribution in [2.75, 3.05) is 13.1 Å². The highest BCUT2D eigenvalue weighted by atomic mass is 16.6. The average molecular weight is 230 g/mol. The van der Waals surface area contributed by atoms with Crippen LogP contribution in [-0.2, 0) is 4.74 Å². The van der Waals surface area contributed by atoms with Gasteiger partial charge in [0.15, 0.2) is 0 Å². The molecule has 0 fully saturated rings. The van der Waals surface area contributed by atoms with E-state index in [-0.39, 0.29) is 6.09 Å². The first-order chi connectivity index (χ1) is 7.45. The molecule has 0 spiro atoms. The predicted octanol–water partition coefficient (Wildman–Crippen LogP) is 1.43. The molecule has 0 saturated carbocycles. The zero-order valence-corrected chi connectivity index (χ0v) is 10.8. The molecule has 0 aromatic carbocycles. The summed E-state index contributed by atoms with van der Waals surface area (Å²) in [7, 11) is 3.68. The standard InChI is InChI=1S/C12H26N2O2/c1-12(2,3)16-11(15)14-10-8-6-5-7-9-13-4/h4-10,13H2,1-3H3,(H,14,15). The van der Waals surface area contributed by atoms with Crippen LogP contribution < -0.4 is 10.6 Å². The van der Waals surface area contributed by atoms with Gasteiger partial charge >= 0.3 is 6.09 Å². The fraction of sp³-hybridized carbons (Fsp3) is 0.833. The van der Waals surface area contributed by atoms with Crippen molar-refractivity contribution in [3.05, 3.63) is 7.05 Å². The molecule has 0 aromatic heterocycles. The number of hydrogen-bond acceptors (Lipinski definition) is 2. The Morgan fingerprint density at radius 1 is 1.25 bits per heavy atom. The van der Waals surface area contributed by atoms with E-state index >= 15 is 0 Å². The molecule has 3 N–H and O–H groups in total. The molecule has 0 aliphatic heterocycles. The van der Waals surface area contributed by atoms with Gasteiger partial charge in [0.25, 0.3) is 0 Å². The van der Waals surface area contributed by atoms with Gasteiger partial charge in [0, 0.05) is 6.54 Å². The lowest BCUT2D eigenvalue weighted by Gasteiger charge is -2.19. The van der Waals surface area contributed by atoms with E-state index in [0.717, 1.165) is 19.4 Å². The summed E-state index contributed by atoms with van der Waals surface area (Å²) in [4.78, 5) is 11.2. The minimum Gasteiger partial charge on any atom is -0.479 e. The summed E-state index contributed by atoms with van der Waals surface area (Å²) in [6.07, 6.45) is 4.22. The molecule has 0 aliphatic carbocycles. The van der Waals surface area contributed by atoms with Crippen molar-refractivity contribution < 1.29 is 14.8 Å². The van der Waals surface area contributed by atoms with Gasteiger partial charge in [0.2, 0.25) is 0 Å². The molecule has 0 unspecified atom stereocenters. The molecule has 4 nitrogen and oxygen atoms in total. The van der Waals surface area contributed by atoms with E-state index < -0.39 is 5.60 Å². The van der Waals surface area contributed by atoms with E-state index in [0.29, 0.717) is 6.54 Å². The molecule has 16 heavy (non-hydrogen) atoms. The van der Waals surface area contributed by atoms with Crippen molar-refractivity contribution in [2.45, 2.75) is 52.1 Å². The number of alkyl carbamates (subject to hydrolysis) is 1. The summed E-state index contributed by atoms with van der Waals surface area (Å²) in [5.41, 5.74) is -0.409. The fourth-order valence-electron chi connectivity index (χ4n) is 1.27. The smallest absolute Gasteiger partial charge is 0.407 e. The first kappa shape index (κ1) is 15.2. The Morgan fingerprint density at radius 3 is 2.44 bits per heavy atom. The maximum Gasteiger partial charge on any atom is 0.407 e. The van der Waals surface area contributed by atoms with E-state index in [1.54, 1.807) is 0 Å². The highest BCUT2D eigenvalue weighted by Gasteiger charge is 2.15. The van der Waals surface area contributed by atoms with Crippen molar-refractivity contribution in [3.63, 3.8) is 0 Å². The Bertz CT molecular complexity index is 188. The first-order valence-electron chi connectivity index (χ1n) is 6.03. The maximum absolute atomic E-state index is 11.2. The Kier molecular flexibility index (Phi) is 7.99. The summed E-state index contributed by atoms with van der Waals surface area (Å²) in [5, 5.41) is 4.69. The molecule has 0 aromatic rings. The van der Waals surface area contributed by atoms with Crippen LogP contribution in [0, 0.1) is 7.05 Å². The van der Waals surface area contributed by atoms with Crippen molar-refractivity contribution in [3.8, 4) is 0 Å². The predicted molar refractivity (Wildman–Crippen MR) is 64.9 cm³/mol. The third-order valence-corrected chi connectivity index (χ3v) is 2.00. The third kappa shape index (κ3) is 11.3. The normalized spacial score (nSPS) is 11.2. The number of nitrogens with one attached hydrogen (secondary N) is 1. The zero-order valence-electron chi connectivity index (χ0n) is 10.8. The van der Waals surface area contributed by atoms with Gasteiger partial charge in [-0.1, -0.05) is 6.42 Å². The van der Waals surface area contributed by atoms with Crippen LogP contribution in [0.3, 0.4) is 0 Å². The summed E-state index contributed by atoms with van der Waals surface area (Å²) >= 11 is 0. The molecule has 4 heteroatoms. The number of unbranched alkanes of at least 4 members (excludes halogenated alkanes) is 3. The van der Waals surface area contributed by atoms with Gasteiger partial charge in [-0.25, -0.2) is 4.79 Å². The lowest BCUT2D eigenvalue weighted by molar-refractivity contribution is -0.595. The zero-order chi connectivity index (χ0) is 12.4. The Morgan fingerprint density at radius 2 is 1.88 bits per heavy atom. The van der Waals surface area contributed by atoms with Gasteiger partial charge < -0.3 is 15.4 Å². The molecule has 0 saturated heterocycles. The lowest BCUT2D eigenvalue weighted by atomic mass is 10.2. The van der Waals surface area contributed by atoms with Crippen molar-refractivity contribution in [1.29, 1.82) is 0 Å². The van der Waals surface area contributed by atoms with Crippen LogP contribution in [0.15, 0.2) is 0 Å². The lowest BCUT2D eigenvalue weighted by Crippen LogP contribution is -2.76. The minimum atomic E-state index is -0.409. The number of hydrogen-bond donors (Lipinski definition) is 2. The molecule has 1 amide bonds. The number of carbonyl (C=O) groups excluding carboxylic acids is 1. The minimum absolute atomic E-state index is 0.321. The SMILES string of the molecule is [CH2-][NH2+]CCCCCCNC(=O)OC(C)(C)C. The van der Waals surface area contributed by atoms with Crippen molar-refractivity contribution >= 4 is 6.09 Å². The van der Waals surface area contributed by atoms with Gasteiger partial charge in [-0.2, -0.15) is 7.05 Å². The molecule has 0 bridgehead atoms. The molecular weight excluding hydrogens is 204 g/mol. The largest absolute Gasteiger partial charge is 0.479 e. The third-order valence-electron chi connectivity index (χ3n) is 2.00. The van der Waals surface area contributed by atoms with E-state index in [1.807, 2.05) is 26.1 Å². The topological polar surface area (TPSA) is 54.9 Å². The number of carbonyl (C=O) groups is 1. The van der Waals surface area contributed by atoms with Crippen LogP contribution in [0.2, 0.25) is 0 Å². The summed E-state index contributed by atoms with van der Waals surface area (Å²) in [6.45, 7) is 7.37. The Hall–Kier alpha value is -0.770. The van der Waals surface area contributed by atoms with Gasteiger partial charge in [-0.3, -0.25) is 0 Å². The van der Waals surface area contributed by atoms with E-state index in [1.165, 1.54) is 12.8 Å². The highest BCUT2D eigenvalue weighted by molar-refractivity contribution is 5.67. The summed E-state index contributed by atoms with van der Waals surface area (Å²) in [6, 6.07) is 0. The van der Waals surface area contributed by atoms with E-state index in [4.69, 9.17) is 4.74 Å². The van der Waals surface area contributed by atoms with Gasteiger partial charge in [0.1, 0.15) is 5.60 Å². The molecule has 0 heterocycles. The van der Waals surface area contributed by atoms with Crippen LogP contribution in [0.1, 0.15) is 46.5 Å². The van der Waals surface area contributed by atoms with E-state index in [2.05, 4.69) is 12.4 Å². The fourth-order valence-corrected chi connectivity index (χ4v) is 1.27. The summed E-state index contributed by atoms with van der Waals surface area (Å²) in [5.74, 6) is 0. The van der Waals surface area contributed by atoms with E-state index in [9.17, 15) is 4.79 Å². The van der Waals surface area contributed by atoms with Crippen LogP contribution in [-0.4, -0.2) is 24.8 Å². The van der Waals surface area contributed by atoms with Crippen LogP contribution in [0.25, 0.3) is 0 Å². The van der Waals surface area contributed by atoms with Gasteiger partial charge in [-0.15, -0.1) is 0 Å². The van der Waals surface area contributed by atoms with Crippen LogP contribution in [0.4, 0.5) is 4.79 Å². The van der Waals surface area contributed by atoms with Crippen LogP contribution in [0.5, 0.6) is 0 Å². The van der Waals surface area contributed by atoms with Gasteiger partial charge in [-0.05, 0) is 40.0 Å². The molecule has 0 aliphatic rings. The van der Waals surface area contributed by atoms with Gasteiger partial charge in [0.05, 0.1) is 6.54 Å². The Balaban J connectivity index is 3.28. The first-order valence-corrected chi connectivity index (χ1v) is 6.03. The second-order valence-electron chi connectivity index (χ2n) is 4.92.